The first kappa shape index (κ1) is 19.5. The molecule has 0 aliphatic heterocycles. The van der Waals surface area contributed by atoms with Gasteiger partial charge in [0, 0.05) is 23.3 Å². The summed E-state index contributed by atoms with van der Waals surface area (Å²) in [6, 6.07) is 6.56. The summed E-state index contributed by atoms with van der Waals surface area (Å²) < 4.78 is 0. The molecule has 4 saturated carbocycles. The molecule has 6 aliphatic carbocycles. The number of fused-ring (bicyclic) bond motifs is 6. The van der Waals surface area contributed by atoms with E-state index < -0.39 is 0 Å². The van der Waals surface area contributed by atoms with E-state index in [-0.39, 0.29) is 23.2 Å². The van der Waals surface area contributed by atoms with Crippen molar-refractivity contribution in [3.05, 3.63) is 59.2 Å². The van der Waals surface area contributed by atoms with E-state index in [1.54, 1.807) is 0 Å². The average Bonchev–Trinajstić information content (AvgIpc) is 3.65. The summed E-state index contributed by atoms with van der Waals surface area (Å²) in [5, 5.41) is 0. The van der Waals surface area contributed by atoms with Gasteiger partial charge in [-0.15, -0.1) is 0 Å². The minimum Gasteiger partial charge on any atom is -0.299 e. The van der Waals surface area contributed by atoms with Gasteiger partial charge >= 0.3 is 0 Å². The summed E-state index contributed by atoms with van der Waals surface area (Å²) >= 11 is 0. The van der Waals surface area contributed by atoms with Gasteiger partial charge in [-0.25, -0.2) is 0 Å². The number of hydrogen-bond acceptors (Lipinski definition) is 2. The van der Waals surface area contributed by atoms with E-state index in [9.17, 15) is 9.59 Å². The highest BCUT2D eigenvalue weighted by atomic mass is 16.1. The van der Waals surface area contributed by atoms with E-state index in [1.165, 1.54) is 24.0 Å². The molecular weight excluding hydrogens is 392 g/mol. The molecule has 7 rings (SSSR count). The van der Waals surface area contributed by atoms with Gasteiger partial charge in [-0.1, -0.05) is 48.1 Å². The van der Waals surface area contributed by atoms with E-state index in [0.717, 1.165) is 44.1 Å². The molecule has 0 amide bonds. The van der Waals surface area contributed by atoms with Crippen molar-refractivity contribution >= 4 is 11.6 Å². The van der Waals surface area contributed by atoms with Crippen molar-refractivity contribution in [3.63, 3.8) is 0 Å². The molecule has 6 bridgehead atoms. The number of Topliss-reactive ketones (excluding diaryl/α,β-unsaturated/α-hetero) is 2. The van der Waals surface area contributed by atoms with Crippen molar-refractivity contribution in [2.75, 3.05) is 0 Å². The Morgan fingerprint density at radius 2 is 1.56 bits per heavy atom. The number of rotatable bonds is 5. The van der Waals surface area contributed by atoms with Crippen molar-refractivity contribution < 1.29 is 9.59 Å². The van der Waals surface area contributed by atoms with Crippen molar-refractivity contribution in [1.29, 1.82) is 0 Å². The van der Waals surface area contributed by atoms with Crippen LogP contribution in [0.1, 0.15) is 72.9 Å². The van der Waals surface area contributed by atoms with Gasteiger partial charge in [0.2, 0.25) is 0 Å². The van der Waals surface area contributed by atoms with Crippen molar-refractivity contribution in [2.24, 2.45) is 47.3 Å². The Labute approximate surface area is 191 Å². The Balaban J connectivity index is 1.20. The van der Waals surface area contributed by atoms with Crippen LogP contribution in [-0.4, -0.2) is 11.6 Å². The predicted molar refractivity (Wildman–Crippen MR) is 125 cm³/mol. The summed E-state index contributed by atoms with van der Waals surface area (Å²) in [4.78, 5) is 27.5. The third-order valence-corrected chi connectivity index (χ3v) is 10.5. The van der Waals surface area contributed by atoms with Gasteiger partial charge in [0.25, 0.3) is 0 Å². The summed E-state index contributed by atoms with van der Waals surface area (Å²) in [5.74, 6) is 4.33. The fourth-order valence-electron chi connectivity index (χ4n) is 8.95. The van der Waals surface area contributed by atoms with Crippen LogP contribution in [0, 0.1) is 54.3 Å². The van der Waals surface area contributed by atoms with Crippen LogP contribution < -0.4 is 0 Å². The van der Waals surface area contributed by atoms with Crippen LogP contribution >= 0.6 is 0 Å². The Hall–Kier alpha value is -1.96. The predicted octanol–water partition coefficient (Wildman–Crippen LogP) is 6.23. The van der Waals surface area contributed by atoms with Crippen molar-refractivity contribution in [2.45, 2.75) is 63.7 Å². The molecule has 4 fully saturated rings. The third-order valence-electron chi connectivity index (χ3n) is 10.5. The van der Waals surface area contributed by atoms with Gasteiger partial charge in [-0.3, -0.25) is 9.59 Å². The molecule has 9 atom stereocenters. The maximum absolute atomic E-state index is 13.8. The van der Waals surface area contributed by atoms with Gasteiger partial charge in [0.15, 0.2) is 5.78 Å². The first-order chi connectivity index (χ1) is 15.5. The zero-order valence-electron chi connectivity index (χ0n) is 19.1. The molecule has 0 radical (unpaired) electrons. The molecular formula is C30H34O2. The molecule has 2 nitrogen and oxygen atoms in total. The van der Waals surface area contributed by atoms with E-state index >= 15 is 0 Å². The van der Waals surface area contributed by atoms with Crippen LogP contribution in [0.15, 0.2) is 42.5 Å². The zero-order valence-corrected chi connectivity index (χ0v) is 19.1. The summed E-state index contributed by atoms with van der Waals surface area (Å²) in [6.07, 6.45) is 18.2. The van der Waals surface area contributed by atoms with E-state index in [2.05, 4.69) is 49.4 Å². The maximum atomic E-state index is 13.8. The normalized spacial score (nSPS) is 44.8. The maximum Gasteiger partial charge on any atom is 0.166 e. The Morgan fingerprint density at radius 3 is 2.22 bits per heavy atom. The molecule has 2 heteroatoms. The smallest absolute Gasteiger partial charge is 0.166 e. The lowest BCUT2D eigenvalue weighted by molar-refractivity contribution is -0.129. The number of allylic oxidation sites excluding steroid dienone is 4. The van der Waals surface area contributed by atoms with E-state index in [0.29, 0.717) is 41.2 Å². The lowest BCUT2D eigenvalue weighted by Crippen LogP contribution is -2.33. The molecule has 0 saturated heterocycles. The van der Waals surface area contributed by atoms with Gasteiger partial charge < -0.3 is 0 Å². The minimum atomic E-state index is 0.0446. The number of benzene rings is 1. The second-order valence-corrected chi connectivity index (χ2v) is 12.2. The van der Waals surface area contributed by atoms with Crippen molar-refractivity contribution in [3.8, 4) is 0 Å². The van der Waals surface area contributed by atoms with Crippen molar-refractivity contribution in [1.82, 2.24) is 0 Å². The highest BCUT2D eigenvalue weighted by molar-refractivity contribution is 6.00. The van der Waals surface area contributed by atoms with Gasteiger partial charge in [-0.05, 0) is 98.9 Å². The van der Waals surface area contributed by atoms with E-state index in [4.69, 9.17) is 0 Å². The van der Waals surface area contributed by atoms with Gasteiger partial charge in [-0.2, -0.15) is 0 Å². The number of ketones is 2. The SMILES string of the molecule is Cc1ccc(C(=O)C2CC3C=CC2C3)c(C23CCC(C2)C(C(=O)C2CC4C=CC2C4)C3)c1. The Morgan fingerprint density at radius 1 is 0.844 bits per heavy atom. The fourth-order valence-corrected chi connectivity index (χ4v) is 8.95. The third kappa shape index (κ3) is 2.71. The number of carbonyl (C=O) groups is 2. The molecule has 6 aliphatic rings. The van der Waals surface area contributed by atoms with Crippen LogP contribution in [-0.2, 0) is 10.2 Å². The largest absolute Gasteiger partial charge is 0.299 e. The summed E-state index contributed by atoms with van der Waals surface area (Å²) in [5.41, 5.74) is 3.57. The summed E-state index contributed by atoms with van der Waals surface area (Å²) in [7, 11) is 0. The first-order valence-electron chi connectivity index (χ1n) is 13.1. The second-order valence-electron chi connectivity index (χ2n) is 12.2. The molecule has 1 aromatic carbocycles. The fraction of sp³-hybridized carbons (Fsp3) is 0.600. The average molecular weight is 427 g/mol. The number of hydrogen-bond donors (Lipinski definition) is 0. The zero-order chi connectivity index (χ0) is 21.6. The molecule has 0 aromatic heterocycles. The van der Waals surface area contributed by atoms with E-state index in [1.807, 2.05) is 0 Å². The van der Waals surface area contributed by atoms with Gasteiger partial charge in [0.1, 0.15) is 5.78 Å². The first-order valence-corrected chi connectivity index (χ1v) is 13.1. The molecule has 32 heavy (non-hydrogen) atoms. The molecule has 9 unspecified atom stereocenters. The Bertz CT molecular complexity index is 1060. The molecule has 166 valence electrons. The second kappa shape index (κ2) is 6.78. The molecule has 0 spiro atoms. The Kier molecular flexibility index (Phi) is 4.13. The lowest BCUT2D eigenvalue weighted by Gasteiger charge is -2.34. The van der Waals surface area contributed by atoms with Crippen LogP contribution in [0.2, 0.25) is 0 Å². The van der Waals surface area contributed by atoms with Crippen LogP contribution in [0.25, 0.3) is 0 Å². The number of aryl methyl sites for hydroxylation is 1. The summed E-state index contributed by atoms with van der Waals surface area (Å²) in [6.45, 7) is 2.15. The molecule has 0 N–H and O–H groups in total. The lowest BCUT2D eigenvalue weighted by atomic mass is 9.69. The monoisotopic (exact) mass is 426 g/mol. The highest BCUT2D eigenvalue weighted by Gasteiger charge is 2.56. The van der Waals surface area contributed by atoms with Crippen LogP contribution in [0.3, 0.4) is 0 Å². The van der Waals surface area contributed by atoms with Crippen LogP contribution in [0.5, 0.6) is 0 Å². The molecule has 1 aromatic rings. The number of carbonyl (C=O) groups excluding carboxylic acids is 2. The highest BCUT2D eigenvalue weighted by Crippen LogP contribution is 2.61. The minimum absolute atomic E-state index is 0.0446. The standard InChI is InChI=1S/C30H34O2/c1-17-2-7-23(28(31)24-13-18-3-5-20(24)11-18)27(10-17)30-9-8-22(15-30)26(16-30)29(32)25-14-19-4-6-21(25)12-19/h2-7,10,18-22,24-26H,8-9,11-16H2,1H3. The van der Waals surface area contributed by atoms with Crippen LogP contribution in [0.4, 0.5) is 0 Å². The topological polar surface area (TPSA) is 34.1 Å². The van der Waals surface area contributed by atoms with Gasteiger partial charge in [0.05, 0.1) is 0 Å². The quantitative estimate of drug-likeness (QED) is 0.413. The molecule has 0 heterocycles.